The number of fused-ring (bicyclic) bond motifs is 6. The van der Waals surface area contributed by atoms with E-state index in [1.165, 1.54) is 24.7 Å². The third kappa shape index (κ3) is 5.92. The van der Waals surface area contributed by atoms with Crippen LogP contribution in [0.2, 0.25) is 0 Å². The number of hydrogen-bond acceptors (Lipinski definition) is 11. The molecule has 2 atom stereocenters. The first-order valence-electron chi connectivity index (χ1n) is 17.5. The Balaban J connectivity index is 0.913. The Hall–Kier alpha value is -6.15. The van der Waals surface area contributed by atoms with E-state index < -0.39 is 0 Å². The van der Waals surface area contributed by atoms with Gasteiger partial charge in [0.1, 0.15) is 19.0 Å². The van der Waals surface area contributed by atoms with E-state index in [1.54, 1.807) is 59.0 Å². The summed E-state index contributed by atoms with van der Waals surface area (Å²) < 4.78 is 25.7. The lowest BCUT2D eigenvalue weighted by molar-refractivity contribution is 0.0694. The smallest absolute Gasteiger partial charge is 0.257 e. The van der Waals surface area contributed by atoms with Crippen molar-refractivity contribution in [1.82, 2.24) is 19.4 Å². The van der Waals surface area contributed by atoms with E-state index in [0.29, 0.717) is 76.1 Å². The lowest BCUT2D eigenvalue weighted by atomic mass is 10.0. The number of nitrogens with zero attached hydrogens (tertiary/aromatic N) is 6. The molecule has 9 rings (SSSR count). The van der Waals surface area contributed by atoms with Gasteiger partial charge in [0, 0.05) is 61.6 Å². The van der Waals surface area contributed by atoms with Gasteiger partial charge in [-0.1, -0.05) is 0 Å². The molecule has 3 aromatic carbocycles. The fraction of sp³-hybridized carbons (Fsp3) is 0.275. The molecule has 0 spiro atoms. The van der Waals surface area contributed by atoms with Crippen molar-refractivity contribution in [3.8, 4) is 28.7 Å². The topological polar surface area (TPSA) is 140 Å². The van der Waals surface area contributed by atoms with E-state index in [1.807, 2.05) is 35.0 Å². The minimum atomic E-state index is -0.199. The molecule has 2 aromatic heterocycles. The number of carbonyl (C=O) groups excluding carboxylic acids is 2. The molecule has 0 aliphatic carbocycles. The Bertz CT molecular complexity index is 2400. The maximum absolute atomic E-state index is 13.8. The second kappa shape index (κ2) is 13.4. The number of carbonyl (C=O) groups is 2. The SMILES string of the molecule is COc1cc2c(cc1OCc1cc(O)cc(COc3cc4c(cc3OC)C(=O)N3Cc5ncn(C)c5C[C@H]3C=N4)c1)N=C[C@@H]1Cc3sccc3CN1C2=O. The Labute approximate surface area is 314 Å². The molecule has 0 fully saturated rings. The van der Waals surface area contributed by atoms with Gasteiger partial charge in [0.15, 0.2) is 23.0 Å². The predicted molar refractivity (Wildman–Crippen MR) is 201 cm³/mol. The van der Waals surface area contributed by atoms with Crippen molar-refractivity contribution in [2.75, 3.05) is 14.2 Å². The second-order valence-electron chi connectivity index (χ2n) is 13.7. The van der Waals surface area contributed by atoms with Crippen LogP contribution in [0.5, 0.6) is 28.7 Å². The first-order valence-corrected chi connectivity index (χ1v) is 18.4. The monoisotopic (exact) mass is 744 g/mol. The molecule has 0 bridgehead atoms. The van der Waals surface area contributed by atoms with Crippen molar-refractivity contribution in [2.45, 2.75) is 51.2 Å². The van der Waals surface area contributed by atoms with Gasteiger partial charge in [0.25, 0.3) is 11.8 Å². The quantitative estimate of drug-likeness (QED) is 0.206. The van der Waals surface area contributed by atoms with E-state index in [9.17, 15) is 14.7 Å². The van der Waals surface area contributed by atoms with E-state index in [-0.39, 0.29) is 42.9 Å². The molecule has 5 aromatic rings. The first-order chi connectivity index (χ1) is 26.3. The lowest BCUT2D eigenvalue weighted by Gasteiger charge is -2.32. The molecule has 0 radical (unpaired) electrons. The van der Waals surface area contributed by atoms with Crippen molar-refractivity contribution in [1.29, 1.82) is 0 Å². The lowest BCUT2D eigenvalue weighted by Crippen LogP contribution is -2.44. The summed E-state index contributed by atoms with van der Waals surface area (Å²) >= 11 is 1.71. The van der Waals surface area contributed by atoms with Crippen molar-refractivity contribution >= 4 is 47.0 Å². The summed E-state index contributed by atoms with van der Waals surface area (Å²) in [5.74, 6) is 1.41. The Kier molecular flexibility index (Phi) is 8.33. The van der Waals surface area contributed by atoms with Gasteiger partial charge in [-0.05, 0) is 58.5 Å². The number of amides is 2. The van der Waals surface area contributed by atoms with Crippen LogP contribution in [-0.4, -0.2) is 75.0 Å². The Morgan fingerprint density at radius 3 is 1.98 bits per heavy atom. The van der Waals surface area contributed by atoms with Crippen LogP contribution in [0.4, 0.5) is 11.4 Å². The third-order valence-electron chi connectivity index (χ3n) is 10.4. The van der Waals surface area contributed by atoms with Gasteiger partial charge in [-0.25, -0.2) is 4.98 Å². The average molecular weight is 745 g/mol. The van der Waals surface area contributed by atoms with Gasteiger partial charge in [-0.3, -0.25) is 19.6 Å². The number of thiophene rings is 1. The van der Waals surface area contributed by atoms with Gasteiger partial charge >= 0.3 is 0 Å². The van der Waals surface area contributed by atoms with Crippen LogP contribution >= 0.6 is 11.3 Å². The van der Waals surface area contributed by atoms with Gasteiger partial charge in [0.05, 0.1) is 67.4 Å². The van der Waals surface area contributed by atoms with Crippen LogP contribution in [0.15, 0.2) is 70.2 Å². The molecule has 13 nitrogen and oxygen atoms in total. The summed E-state index contributed by atoms with van der Waals surface area (Å²) in [4.78, 5) is 46.3. The highest BCUT2D eigenvalue weighted by molar-refractivity contribution is 7.10. The number of imidazole rings is 1. The summed E-state index contributed by atoms with van der Waals surface area (Å²) in [5.41, 5.74) is 6.39. The fourth-order valence-electron chi connectivity index (χ4n) is 7.56. The molecular formula is C40H36N6O7S. The van der Waals surface area contributed by atoms with Gasteiger partial charge in [-0.15, -0.1) is 11.3 Å². The number of phenols is 1. The van der Waals surface area contributed by atoms with E-state index >= 15 is 0 Å². The maximum Gasteiger partial charge on any atom is 0.257 e. The largest absolute Gasteiger partial charge is 0.508 e. The maximum atomic E-state index is 13.8. The third-order valence-corrected chi connectivity index (χ3v) is 11.4. The van der Waals surface area contributed by atoms with Crippen molar-refractivity contribution in [2.24, 2.45) is 17.0 Å². The highest BCUT2D eigenvalue weighted by Gasteiger charge is 2.36. The predicted octanol–water partition coefficient (Wildman–Crippen LogP) is 5.93. The van der Waals surface area contributed by atoms with Crippen LogP contribution in [0, 0.1) is 0 Å². The molecule has 0 saturated carbocycles. The van der Waals surface area contributed by atoms with Crippen molar-refractivity contribution in [3.63, 3.8) is 0 Å². The Morgan fingerprint density at radius 1 is 0.778 bits per heavy atom. The van der Waals surface area contributed by atoms with E-state index in [4.69, 9.17) is 28.9 Å². The normalized spacial score (nSPS) is 18.1. The summed E-state index contributed by atoms with van der Waals surface area (Å²) in [6.45, 7) is 1.13. The number of rotatable bonds is 8. The molecule has 54 heavy (non-hydrogen) atoms. The summed E-state index contributed by atoms with van der Waals surface area (Å²) in [6.07, 6.45) is 6.79. The van der Waals surface area contributed by atoms with Crippen LogP contribution in [-0.2, 0) is 46.2 Å². The molecular weight excluding hydrogens is 709 g/mol. The zero-order valence-corrected chi connectivity index (χ0v) is 30.6. The molecule has 2 amide bonds. The number of aryl methyl sites for hydroxylation is 1. The highest BCUT2D eigenvalue weighted by atomic mass is 32.1. The molecule has 4 aliphatic rings. The number of aromatic nitrogens is 2. The standard InChI is InChI=1S/C40H36N6O7S/c1-44-21-43-32-18-46-25(9-33(32)44)15-41-31-14-37(35(51-3)12-29(31)40(46)49)53-20-23-6-22(7-27(47)8-23)19-52-36-13-30-28(11-34(36)50-2)39(48)45-17-24-4-5-54-38(24)10-26(45)16-42-30/h4-8,11-16,21,25-26,47H,9-10,17-20H2,1-3H3/t25-,26-/m0/s1. The van der Waals surface area contributed by atoms with Gasteiger partial charge in [-0.2, -0.15) is 0 Å². The molecule has 0 unspecified atom stereocenters. The summed E-state index contributed by atoms with van der Waals surface area (Å²) in [7, 11) is 5.01. The average Bonchev–Trinajstić information content (AvgIpc) is 3.74. The molecule has 4 aliphatic heterocycles. The number of hydrogen-bond donors (Lipinski definition) is 1. The second-order valence-corrected chi connectivity index (χ2v) is 14.7. The minimum absolute atomic E-state index is 0.0418. The molecule has 274 valence electrons. The highest BCUT2D eigenvalue weighted by Crippen LogP contribution is 2.41. The number of ether oxygens (including phenoxy) is 4. The Morgan fingerprint density at radius 2 is 1.37 bits per heavy atom. The van der Waals surface area contributed by atoms with Crippen molar-refractivity contribution < 1.29 is 33.6 Å². The van der Waals surface area contributed by atoms with Gasteiger partial charge < -0.3 is 38.4 Å². The fourth-order valence-corrected chi connectivity index (χ4v) is 8.50. The number of benzene rings is 3. The number of aromatic hydroxyl groups is 1. The number of methoxy groups -OCH3 is 2. The summed E-state index contributed by atoms with van der Waals surface area (Å²) in [5, 5.41) is 12.7. The van der Waals surface area contributed by atoms with Crippen LogP contribution < -0.4 is 18.9 Å². The molecule has 1 N–H and O–H groups in total. The number of phenolic OH excluding ortho intramolecular Hbond substituents is 1. The molecule has 6 heterocycles. The first kappa shape index (κ1) is 33.7. The molecule has 14 heteroatoms. The zero-order valence-electron chi connectivity index (χ0n) is 29.8. The van der Waals surface area contributed by atoms with Crippen LogP contribution in [0.3, 0.4) is 0 Å². The van der Waals surface area contributed by atoms with Gasteiger partial charge in [0.2, 0.25) is 0 Å². The van der Waals surface area contributed by atoms with E-state index in [0.717, 1.165) is 17.8 Å². The van der Waals surface area contributed by atoms with E-state index in [2.05, 4.69) is 16.4 Å². The van der Waals surface area contributed by atoms with Crippen molar-refractivity contribution in [3.05, 3.63) is 104 Å². The van der Waals surface area contributed by atoms with Crippen LogP contribution in [0.1, 0.15) is 53.7 Å². The summed E-state index contributed by atoms with van der Waals surface area (Å²) in [6, 6.07) is 13.6. The molecule has 0 saturated heterocycles. The number of aliphatic imine (C=N–C) groups is 2. The zero-order chi connectivity index (χ0) is 37.1. The minimum Gasteiger partial charge on any atom is -0.508 e. The van der Waals surface area contributed by atoms with Crippen LogP contribution in [0.25, 0.3) is 0 Å².